The van der Waals surface area contributed by atoms with Gasteiger partial charge in [0.25, 0.3) is 0 Å². The predicted molar refractivity (Wildman–Crippen MR) is 60.2 cm³/mol. The zero-order valence-corrected chi connectivity index (χ0v) is 10.0. The third-order valence-corrected chi connectivity index (χ3v) is 3.57. The Hall–Kier alpha value is -0.990. The SMILES string of the molecule is CCC(C)(C)c1c(C2CC2)nn(C)c1O. The van der Waals surface area contributed by atoms with E-state index in [9.17, 15) is 5.11 Å². The van der Waals surface area contributed by atoms with Crippen LogP contribution in [0.2, 0.25) is 0 Å². The van der Waals surface area contributed by atoms with Crippen LogP contribution in [0.3, 0.4) is 0 Å². The van der Waals surface area contributed by atoms with Crippen LogP contribution >= 0.6 is 0 Å². The van der Waals surface area contributed by atoms with Gasteiger partial charge in [-0.2, -0.15) is 5.10 Å². The molecule has 0 atom stereocenters. The van der Waals surface area contributed by atoms with Gasteiger partial charge in [-0.3, -0.25) is 0 Å². The minimum atomic E-state index is 0.0241. The fraction of sp³-hybridized carbons (Fsp3) is 0.750. The molecule has 1 aromatic rings. The molecule has 0 aliphatic heterocycles. The first-order valence-corrected chi connectivity index (χ1v) is 5.73. The van der Waals surface area contributed by atoms with Crippen molar-refractivity contribution in [2.24, 2.45) is 7.05 Å². The molecular formula is C12H20N2O. The first-order valence-electron chi connectivity index (χ1n) is 5.73. The summed E-state index contributed by atoms with van der Waals surface area (Å²) in [6.07, 6.45) is 3.47. The van der Waals surface area contributed by atoms with Crippen LogP contribution in [0.15, 0.2) is 0 Å². The van der Waals surface area contributed by atoms with Gasteiger partial charge in [-0.05, 0) is 24.7 Å². The lowest BCUT2D eigenvalue weighted by Gasteiger charge is -2.23. The summed E-state index contributed by atoms with van der Waals surface area (Å²) in [4.78, 5) is 0. The quantitative estimate of drug-likeness (QED) is 0.829. The molecule has 1 aliphatic rings. The first kappa shape index (κ1) is 10.5. The van der Waals surface area contributed by atoms with E-state index in [2.05, 4.69) is 25.9 Å². The van der Waals surface area contributed by atoms with E-state index in [4.69, 9.17) is 0 Å². The Morgan fingerprint density at radius 2 is 2.07 bits per heavy atom. The first-order chi connectivity index (χ1) is 6.97. The minimum Gasteiger partial charge on any atom is -0.493 e. The number of aryl methyl sites for hydroxylation is 1. The van der Waals surface area contributed by atoms with Gasteiger partial charge in [0.1, 0.15) is 0 Å². The van der Waals surface area contributed by atoms with Crippen molar-refractivity contribution in [2.75, 3.05) is 0 Å². The fourth-order valence-corrected chi connectivity index (χ4v) is 2.00. The molecule has 3 heteroatoms. The molecule has 0 amide bonds. The largest absolute Gasteiger partial charge is 0.493 e. The standard InChI is InChI=1S/C12H20N2O/c1-5-12(2,3)9-10(8-6-7-8)13-14(4)11(9)15/h8,15H,5-7H2,1-4H3. The van der Waals surface area contributed by atoms with E-state index in [-0.39, 0.29) is 5.41 Å². The molecule has 0 unspecified atom stereocenters. The van der Waals surface area contributed by atoms with Crippen molar-refractivity contribution in [1.82, 2.24) is 9.78 Å². The zero-order chi connectivity index (χ0) is 11.2. The lowest BCUT2D eigenvalue weighted by Crippen LogP contribution is -2.17. The third-order valence-electron chi connectivity index (χ3n) is 3.57. The Morgan fingerprint density at radius 1 is 1.47 bits per heavy atom. The maximum atomic E-state index is 10.1. The second kappa shape index (κ2) is 3.26. The van der Waals surface area contributed by atoms with Crippen LogP contribution in [0.1, 0.15) is 57.2 Å². The minimum absolute atomic E-state index is 0.0241. The molecule has 0 radical (unpaired) electrons. The van der Waals surface area contributed by atoms with E-state index < -0.39 is 0 Å². The second-order valence-corrected chi connectivity index (χ2v) is 5.22. The molecule has 1 saturated carbocycles. The molecule has 2 rings (SSSR count). The summed E-state index contributed by atoms with van der Waals surface area (Å²) in [6, 6.07) is 0. The number of aromatic nitrogens is 2. The van der Waals surface area contributed by atoms with Gasteiger partial charge in [0.2, 0.25) is 5.88 Å². The Kier molecular flexibility index (Phi) is 2.28. The van der Waals surface area contributed by atoms with Crippen molar-refractivity contribution in [3.05, 3.63) is 11.3 Å². The van der Waals surface area contributed by atoms with Crippen LogP contribution in [-0.2, 0) is 12.5 Å². The summed E-state index contributed by atoms with van der Waals surface area (Å²) in [5, 5.41) is 14.5. The van der Waals surface area contributed by atoms with Crippen molar-refractivity contribution >= 4 is 0 Å². The van der Waals surface area contributed by atoms with Crippen molar-refractivity contribution in [1.29, 1.82) is 0 Å². The van der Waals surface area contributed by atoms with Gasteiger partial charge in [0.05, 0.1) is 5.69 Å². The Bertz CT molecular complexity index is 375. The van der Waals surface area contributed by atoms with E-state index in [0.29, 0.717) is 11.8 Å². The van der Waals surface area contributed by atoms with Crippen molar-refractivity contribution in [2.45, 2.75) is 51.4 Å². The van der Waals surface area contributed by atoms with Crippen molar-refractivity contribution in [3.63, 3.8) is 0 Å². The van der Waals surface area contributed by atoms with Gasteiger partial charge in [-0.25, -0.2) is 4.68 Å². The van der Waals surface area contributed by atoms with E-state index in [1.54, 1.807) is 4.68 Å². The highest BCUT2D eigenvalue weighted by molar-refractivity contribution is 5.40. The summed E-state index contributed by atoms with van der Waals surface area (Å²) < 4.78 is 1.61. The zero-order valence-electron chi connectivity index (χ0n) is 10.0. The molecule has 1 aromatic heterocycles. The van der Waals surface area contributed by atoms with Gasteiger partial charge >= 0.3 is 0 Å². The monoisotopic (exact) mass is 208 g/mol. The highest BCUT2D eigenvalue weighted by Gasteiger charge is 2.36. The van der Waals surface area contributed by atoms with Crippen molar-refractivity contribution in [3.8, 4) is 5.88 Å². The molecule has 15 heavy (non-hydrogen) atoms. The highest BCUT2D eigenvalue weighted by Crippen LogP contribution is 2.47. The van der Waals surface area contributed by atoms with Crippen LogP contribution in [0.4, 0.5) is 0 Å². The summed E-state index contributed by atoms with van der Waals surface area (Å²) >= 11 is 0. The van der Waals surface area contributed by atoms with Crippen LogP contribution in [-0.4, -0.2) is 14.9 Å². The molecule has 1 heterocycles. The number of hydrogen-bond acceptors (Lipinski definition) is 2. The highest BCUT2D eigenvalue weighted by atomic mass is 16.3. The van der Waals surface area contributed by atoms with Gasteiger partial charge < -0.3 is 5.11 Å². The summed E-state index contributed by atoms with van der Waals surface area (Å²) in [7, 11) is 1.82. The third kappa shape index (κ3) is 1.64. The Morgan fingerprint density at radius 3 is 2.53 bits per heavy atom. The molecule has 0 spiro atoms. The van der Waals surface area contributed by atoms with Crippen LogP contribution < -0.4 is 0 Å². The van der Waals surface area contributed by atoms with Crippen LogP contribution in [0.5, 0.6) is 5.88 Å². The topological polar surface area (TPSA) is 38.0 Å². The maximum absolute atomic E-state index is 10.1. The second-order valence-electron chi connectivity index (χ2n) is 5.22. The normalized spacial score (nSPS) is 17.1. The number of hydrogen-bond donors (Lipinski definition) is 1. The Balaban J connectivity index is 2.51. The fourth-order valence-electron chi connectivity index (χ4n) is 2.00. The molecular weight excluding hydrogens is 188 g/mol. The molecule has 84 valence electrons. The van der Waals surface area contributed by atoms with Crippen LogP contribution in [0, 0.1) is 0 Å². The molecule has 0 aromatic carbocycles. The average Bonchev–Trinajstić information content (AvgIpc) is 2.95. The van der Waals surface area contributed by atoms with E-state index in [1.807, 2.05) is 7.05 Å². The molecule has 0 saturated heterocycles. The predicted octanol–water partition coefficient (Wildman–Crippen LogP) is 2.69. The number of rotatable bonds is 3. The Labute approximate surface area is 91.1 Å². The van der Waals surface area contributed by atoms with Gasteiger partial charge in [-0.1, -0.05) is 20.8 Å². The van der Waals surface area contributed by atoms with E-state index >= 15 is 0 Å². The molecule has 0 bridgehead atoms. The summed E-state index contributed by atoms with van der Waals surface area (Å²) in [5.74, 6) is 0.946. The molecule has 1 aliphatic carbocycles. The van der Waals surface area contributed by atoms with Gasteiger partial charge in [-0.15, -0.1) is 0 Å². The van der Waals surface area contributed by atoms with Gasteiger partial charge in [0.15, 0.2) is 0 Å². The lowest BCUT2D eigenvalue weighted by atomic mass is 9.81. The van der Waals surface area contributed by atoms with Crippen LogP contribution in [0.25, 0.3) is 0 Å². The number of aromatic hydroxyl groups is 1. The molecule has 3 nitrogen and oxygen atoms in total. The molecule has 1 fully saturated rings. The summed E-state index contributed by atoms with van der Waals surface area (Å²) in [5.41, 5.74) is 2.22. The van der Waals surface area contributed by atoms with Crippen molar-refractivity contribution < 1.29 is 5.11 Å². The number of nitrogens with zero attached hydrogens (tertiary/aromatic N) is 2. The van der Waals surface area contributed by atoms with Gasteiger partial charge in [0, 0.05) is 18.5 Å². The smallest absolute Gasteiger partial charge is 0.213 e. The van der Waals surface area contributed by atoms with E-state index in [0.717, 1.165) is 17.7 Å². The summed E-state index contributed by atoms with van der Waals surface area (Å²) in [6.45, 7) is 6.51. The maximum Gasteiger partial charge on any atom is 0.213 e. The average molecular weight is 208 g/mol. The van der Waals surface area contributed by atoms with E-state index in [1.165, 1.54) is 12.8 Å². The lowest BCUT2D eigenvalue weighted by molar-refractivity contribution is 0.392. The molecule has 1 N–H and O–H groups in total.